The van der Waals surface area contributed by atoms with Crippen molar-refractivity contribution in [1.82, 2.24) is 15.5 Å². The maximum atomic E-state index is 12.8. The van der Waals surface area contributed by atoms with Gasteiger partial charge in [-0.1, -0.05) is 61.6 Å². The molecule has 0 aliphatic carbocycles. The minimum atomic E-state index is -0.273. The smallest absolute Gasteiger partial charge is 0.258 e. The van der Waals surface area contributed by atoms with Gasteiger partial charge in [-0.05, 0) is 37.5 Å². The zero-order valence-corrected chi connectivity index (χ0v) is 19.6. The lowest BCUT2D eigenvalue weighted by atomic mass is 10.0. The van der Waals surface area contributed by atoms with Crippen LogP contribution in [0.15, 0.2) is 53.4 Å². The van der Waals surface area contributed by atoms with Gasteiger partial charge >= 0.3 is 0 Å². The zero-order chi connectivity index (χ0) is 22.4. The summed E-state index contributed by atoms with van der Waals surface area (Å²) in [6, 6.07) is 15.5. The Balaban J connectivity index is 1.68. The summed E-state index contributed by atoms with van der Waals surface area (Å²) in [7, 11) is 0. The van der Waals surface area contributed by atoms with Gasteiger partial charge in [-0.3, -0.25) is 14.9 Å². The van der Waals surface area contributed by atoms with Gasteiger partial charge in [0.15, 0.2) is 0 Å². The molecule has 31 heavy (non-hydrogen) atoms. The van der Waals surface area contributed by atoms with Crippen molar-refractivity contribution >= 4 is 40.0 Å². The Morgan fingerprint density at radius 1 is 1.00 bits per heavy atom. The minimum Gasteiger partial charge on any atom is -0.353 e. The molecule has 0 radical (unpaired) electrons. The van der Waals surface area contributed by atoms with Crippen LogP contribution in [0.4, 0.5) is 5.13 Å². The average molecular weight is 455 g/mol. The average Bonchev–Trinajstić information content (AvgIpc) is 3.20. The molecular formula is C23H26N4O2S2. The molecular weight excluding hydrogens is 428 g/mol. The SMILES string of the molecule is CC(C)NC(=O)CSc1ccccc1C(=O)Nc1nnc(-c2ccc(C(C)C)cc2)s1. The van der Waals surface area contributed by atoms with Gasteiger partial charge in [0.25, 0.3) is 5.91 Å². The number of nitrogens with zero attached hydrogens (tertiary/aromatic N) is 2. The van der Waals surface area contributed by atoms with E-state index in [-0.39, 0.29) is 23.6 Å². The van der Waals surface area contributed by atoms with Gasteiger partial charge in [-0.25, -0.2) is 0 Å². The highest BCUT2D eigenvalue weighted by molar-refractivity contribution is 8.00. The molecule has 0 saturated carbocycles. The van der Waals surface area contributed by atoms with Crippen molar-refractivity contribution in [3.05, 3.63) is 59.7 Å². The van der Waals surface area contributed by atoms with Crippen LogP contribution >= 0.6 is 23.1 Å². The first-order chi connectivity index (χ1) is 14.8. The first-order valence-corrected chi connectivity index (χ1v) is 11.9. The highest BCUT2D eigenvalue weighted by Crippen LogP contribution is 2.29. The van der Waals surface area contributed by atoms with Crippen molar-refractivity contribution in [2.75, 3.05) is 11.1 Å². The number of hydrogen-bond donors (Lipinski definition) is 2. The molecule has 2 aromatic carbocycles. The molecule has 3 aromatic rings. The fourth-order valence-corrected chi connectivity index (χ4v) is 4.46. The summed E-state index contributed by atoms with van der Waals surface area (Å²) >= 11 is 2.67. The summed E-state index contributed by atoms with van der Waals surface area (Å²) in [6.45, 7) is 8.14. The summed E-state index contributed by atoms with van der Waals surface area (Å²) < 4.78 is 0. The van der Waals surface area contributed by atoms with Gasteiger partial charge in [-0.15, -0.1) is 22.0 Å². The van der Waals surface area contributed by atoms with Gasteiger partial charge in [0.1, 0.15) is 5.01 Å². The van der Waals surface area contributed by atoms with Crippen LogP contribution in [0.1, 0.15) is 49.5 Å². The van der Waals surface area contributed by atoms with Crippen LogP contribution in [0.5, 0.6) is 0 Å². The second-order valence-corrected chi connectivity index (χ2v) is 9.64. The van der Waals surface area contributed by atoms with E-state index in [1.807, 2.05) is 38.1 Å². The van der Waals surface area contributed by atoms with Crippen molar-refractivity contribution in [1.29, 1.82) is 0 Å². The van der Waals surface area contributed by atoms with Gasteiger partial charge in [0.05, 0.1) is 11.3 Å². The Bertz CT molecular complexity index is 1050. The van der Waals surface area contributed by atoms with E-state index in [0.29, 0.717) is 16.6 Å². The summed E-state index contributed by atoms with van der Waals surface area (Å²) in [6.07, 6.45) is 0. The van der Waals surface area contributed by atoms with E-state index in [1.54, 1.807) is 12.1 Å². The van der Waals surface area contributed by atoms with Crippen molar-refractivity contribution in [2.24, 2.45) is 0 Å². The molecule has 1 aromatic heterocycles. The van der Waals surface area contributed by atoms with Crippen molar-refractivity contribution in [3.8, 4) is 10.6 Å². The topological polar surface area (TPSA) is 84.0 Å². The maximum absolute atomic E-state index is 12.8. The fraction of sp³-hybridized carbons (Fsp3) is 0.304. The first-order valence-electron chi connectivity index (χ1n) is 10.1. The molecule has 6 nitrogen and oxygen atoms in total. The van der Waals surface area contributed by atoms with Crippen LogP contribution in [0, 0.1) is 0 Å². The standard InChI is InChI=1S/C23H26N4O2S2/c1-14(2)16-9-11-17(12-10-16)22-26-27-23(31-22)25-21(29)18-7-5-6-8-19(18)30-13-20(28)24-15(3)4/h5-12,14-15H,13H2,1-4H3,(H,24,28)(H,25,27,29). The summed E-state index contributed by atoms with van der Waals surface area (Å²) in [5.41, 5.74) is 2.73. The molecule has 0 bridgehead atoms. The molecule has 3 rings (SSSR count). The van der Waals surface area contributed by atoms with E-state index in [1.165, 1.54) is 28.7 Å². The third-order valence-electron chi connectivity index (χ3n) is 4.41. The molecule has 0 aliphatic rings. The summed E-state index contributed by atoms with van der Waals surface area (Å²) in [5.74, 6) is 0.378. The molecule has 0 atom stereocenters. The number of carbonyl (C=O) groups is 2. The molecule has 2 N–H and O–H groups in total. The van der Waals surface area contributed by atoms with Crippen LogP contribution in [0.3, 0.4) is 0 Å². The molecule has 0 aliphatic heterocycles. The van der Waals surface area contributed by atoms with Crippen LogP contribution in [-0.2, 0) is 4.79 Å². The monoisotopic (exact) mass is 454 g/mol. The van der Waals surface area contributed by atoms with Crippen LogP contribution < -0.4 is 10.6 Å². The van der Waals surface area contributed by atoms with Gasteiger partial charge in [0.2, 0.25) is 11.0 Å². The van der Waals surface area contributed by atoms with Crippen LogP contribution in [0.25, 0.3) is 10.6 Å². The van der Waals surface area contributed by atoms with Crippen molar-refractivity contribution < 1.29 is 9.59 Å². The van der Waals surface area contributed by atoms with Gasteiger partial charge in [0, 0.05) is 16.5 Å². The molecule has 1 heterocycles. The van der Waals surface area contributed by atoms with E-state index in [4.69, 9.17) is 0 Å². The molecule has 0 unspecified atom stereocenters. The lowest BCUT2D eigenvalue weighted by Gasteiger charge is -2.10. The number of hydrogen-bond acceptors (Lipinski definition) is 6. The molecule has 8 heteroatoms. The number of nitrogens with one attached hydrogen (secondary N) is 2. The highest BCUT2D eigenvalue weighted by Gasteiger charge is 2.16. The fourth-order valence-electron chi connectivity index (χ4n) is 2.85. The number of amides is 2. The van der Waals surface area contributed by atoms with E-state index >= 15 is 0 Å². The second kappa shape index (κ2) is 10.5. The molecule has 0 saturated heterocycles. The van der Waals surface area contributed by atoms with Crippen molar-refractivity contribution in [3.63, 3.8) is 0 Å². The van der Waals surface area contributed by atoms with E-state index in [9.17, 15) is 9.59 Å². The molecule has 0 fully saturated rings. The Kier molecular flexibility index (Phi) is 7.81. The lowest BCUT2D eigenvalue weighted by molar-refractivity contribution is -0.119. The normalized spacial score (nSPS) is 11.0. The van der Waals surface area contributed by atoms with Crippen LogP contribution in [-0.4, -0.2) is 33.8 Å². The number of benzene rings is 2. The number of thioether (sulfide) groups is 1. The largest absolute Gasteiger partial charge is 0.353 e. The number of anilines is 1. The van der Waals surface area contributed by atoms with Gasteiger partial charge in [-0.2, -0.15) is 0 Å². The van der Waals surface area contributed by atoms with Gasteiger partial charge < -0.3 is 5.32 Å². The first kappa shape index (κ1) is 23.0. The quantitative estimate of drug-likeness (QED) is 0.457. The van der Waals surface area contributed by atoms with E-state index < -0.39 is 0 Å². The van der Waals surface area contributed by atoms with E-state index in [0.717, 1.165) is 15.5 Å². The third kappa shape index (κ3) is 6.38. The van der Waals surface area contributed by atoms with Crippen LogP contribution in [0.2, 0.25) is 0 Å². The summed E-state index contributed by atoms with van der Waals surface area (Å²) in [4.78, 5) is 25.5. The Hall–Kier alpha value is -2.71. The van der Waals surface area contributed by atoms with E-state index in [2.05, 4.69) is 46.8 Å². The highest BCUT2D eigenvalue weighted by atomic mass is 32.2. The summed E-state index contributed by atoms with van der Waals surface area (Å²) in [5, 5.41) is 15.2. The Morgan fingerprint density at radius 2 is 1.71 bits per heavy atom. The predicted molar refractivity (Wildman–Crippen MR) is 128 cm³/mol. The Labute approximate surface area is 190 Å². The third-order valence-corrected chi connectivity index (χ3v) is 6.37. The molecule has 0 spiro atoms. The lowest BCUT2D eigenvalue weighted by Crippen LogP contribution is -2.31. The zero-order valence-electron chi connectivity index (χ0n) is 18.0. The number of carbonyl (C=O) groups excluding carboxylic acids is 2. The Morgan fingerprint density at radius 3 is 2.39 bits per heavy atom. The maximum Gasteiger partial charge on any atom is 0.258 e. The number of rotatable bonds is 8. The minimum absolute atomic E-state index is 0.0625. The second-order valence-electron chi connectivity index (χ2n) is 7.65. The predicted octanol–water partition coefficient (Wildman–Crippen LogP) is 5.20. The van der Waals surface area contributed by atoms with Crippen molar-refractivity contribution in [2.45, 2.75) is 44.6 Å². The number of aromatic nitrogens is 2. The molecule has 2 amide bonds. The molecule has 162 valence electrons.